The highest BCUT2D eigenvalue weighted by molar-refractivity contribution is 7.15. The molecule has 3 rings (SSSR count). The summed E-state index contributed by atoms with van der Waals surface area (Å²) in [7, 11) is 2.09. The summed E-state index contributed by atoms with van der Waals surface area (Å²) in [6, 6.07) is 3.33. The maximum absolute atomic E-state index is 11.8. The number of fused-ring (bicyclic) bond motifs is 1. The average Bonchev–Trinajstić information content (AvgIpc) is 2.95. The van der Waals surface area contributed by atoms with E-state index in [-0.39, 0.29) is 5.91 Å². The molecule has 0 atom stereocenters. The van der Waals surface area contributed by atoms with E-state index < -0.39 is 0 Å². The number of amides is 1. The Bertz CT molecular complexity index is 562. The van der Waals surface area contributed by atoms with E-state index in [1.807, 2.05) is 0 Å². The molecule has 5 nitrogen and oxygen atoms in total. The predicted octanol–water partition coefficient (Wildman–Crippen LogP) is 1.98. The van der Waals surface area contributed by atoms with E-state index in [9.17, 15) is 4.79 Å². The van der Waals surface area contributed by atoms with Crippen LogP contribution in [0.25, 0.3) is 0 Å². The molecule has 0 spiro atoms. The maximum atomic E-state index is 11.8. The van der Waals surface area contributed by atoms with Crippen LogP contribution in [0.15, 0.2) is 22.8 Å². The first kappa shape index (κ1) is 11.4. The maximum Gasteiger partial charge on any atom is 0.293 e. The van der Waals surface area contributed by atoms with Crippen molar-refractivity contribution in [2.75, 3.05) is 18.9 Å². The van der Waals surface area contributed by atoms with Crippen molar-refractivity contribution in [3.63, 3.8) is 0 Å². The van der Waals surface area contributed by atoms with E-state index >= 15 is 0 Å². The molecule has 0 fully saturated rings. The zero-order chi connectivity index (χ0) is 12.5. The van der Waals surface area contributed by atoms with Crippen LogP contribution in [0.2, 0.25) is 0 Å². The third-order valence-electron chi connectivity index (χ3n) is 2.89. The number of thiazole rings is 1. The van der Waals surface area contributed by atoms with E-state index in [4.69, 9.17) is 4.42 Å². The van der Waals surface area contributed by atoms with Crippen LogP contribution in [0.4, 0.5) is 5.13 Å². The number of furan rings is 1. The minimum absolute atomic E-state index is 0.251. The summed E-state index contributed by atoms with van der Waals surface area (Å²) in [4.78, 5) is 19.7. The lowest BCUT2D eigenvalue weighted by Gasteiger charge is -2.20. The molecule has 2 aromatic heterocycles. The monoisotopic (exact) mass is 263 g/mol. The SMILES string of the molecule is CN1CCc2nc(NC(=O)c3ccco3)sc2C1. The van der Waals surface area contributed by atoms with Gasteiger partial charge in [0.1, 0.15) is 0 Å². The summed E-state index contributed by atoms with van der Waals surface area (Å²) in [5.41, 5.74) is 1.10. The van der Waals surface area contributed by atoms with Crippen LogP contribution in [0.5, 0.6) is 0 Å². The first-order chi connectivity index (χ1) is 8.72. The molecule has 2 aromatic rings. The van der Waals surface area contributed by atoms with Crippen LogP contribution >= 0.6 is 11.3 Å². The molecule has 18 heavy (non-hydrogen) atoms. The fraction of sp³-hybridized carbons (Fsp3) is 0.333. The third kappa shape index (κ3) is 2.16. The predicted molar refractivity (Wildman–Crippen MR) is 68.8 cm³/mol. The summed E-state index contributed by atoms with van der Waals surface area (Å²) in [6.45, 7) is 1.92. The van der Waals surface area contributed by atoms with Crippen molar-refractivity contribution >= 4 is 22.4 Å². The summed E-state index contributed by atoms with van der Waals surface area (Å²) in [5.74, 6) is 0.0553. The average molecular weight is 263 g/mol. The number of nitrogens with one attached hydrogen (secondary N) is 1. The largest absolute Gasteiger partial charge is 0.459 e. The molecule has 94 valence electrons. The number of likely N-dealkylation sites (N-methyl/N-ethyl adjacent to an activating group) is 1. The summed E-state index contributed by atoms with van der Waals surface area (Å²) < 4.78 is 5.04. The second-order valence-corrected chi connectivity index (χ2v) is 5.39. The lowest BCUT2D eigenvalue weighted by molar-refractivity contribution is 0.0996. The van der Waals surface area contributed by atoms with Crippen LogP contribution in [0.3, 0.4) is 0 Å². The fourth-order valence-corrected chi connectivity index (χ4v) is 3.03. The van der Waals surface area contributed by atoms with E-state index in [1.54, 1.807) is 12.1 Å². The fourth-order valence-electron chi connectivity index (χ4n) is 1.94. The number of hydrogen-bond acceptors (Lipinski definition) is 5. The van der Waals surface area contributed by atoms with Crippen LogP contribution in [0.1, 0.15) is 21.1 Å². The highest BCUT2D eigenvalue weighted by Gasteiger charge is 2.19. The molecular weight excluding hydrogens is 250 g/mol. The summed E-state index contributed by atoms with van der Waals surface area (Å²) >= 11 is 1.54. The van der Waals surface area contributed by atoms with Crippen molar-refractivity contribution in [2.45, 2.75) is 13.0 Å². The van der Waals surface area contributed by atoms with Crippen LogP contribution < -0.4 is 5.32 Å². The van der Waals surface area contributed by atoms with Gasteiger partial charge < -0.3 is 9.32 Å². The van der Waals surface area contributed by atoms with Gasteiger partial charge in [0.15, 0.2) is 10.9 Å². The quantitative estimate of drug-likeness (QED) is 0.900. The summed E-state index contributed by atoms with van der Waals surface area (Å²) in [5, 5.41) is 3.42. The number of rotatable bonds is 2. The summed E-state index contributed by atoms with van der Waals surface area (Å²) in [6.07, 6.45) is 2.43. The smallest absolute Gasteiger partial charge is 0.293 e. The number of carbonyl (C=O) groups excluding carboxylic acids is 1. The number of anilines is 1. The Morgan fingerprint density at radius 1 is 1.61 bits per heavy atom. The molecule has 3 heterocycles. The van der Waals surface area contributed by atoms with Gasteiger partial charge >= 0.3 is 0 Å². The molecule has 0 saturated heterocycles. The van der Waals surface area contributed by atoms with Gasteiger partial charge in [-0.3, -0.25) is 10.1 Å². The van der Waals surface area contributed by atoms with Crippen molar-refractivity contribution in [2.24, 2.45) is 0 Å². The Labute approximate surface area is 108 Å². The molecule has 6 heteroatoms. The Kier molecular flexibility index (Phi) is 2.89. The number of nitrogens with zero attached hydrogens (tertiary/aromatic N) is 2. The number of aromatic nitrogens is 1. The van der Waals surface area contributed by atoms with Crippen LogP contribution in [-0.2, 0) is 13.0 Å². The number of hydrogen-bond donors (Lipinski definition) is 1. The van der Waals surface area contributed by atoms with Crippen LogP contribution in [-0.4, -0.2) is 29.4 Å². The molecule has 0 aromatic carbocycles. The standard InChI is InChI=1S/C12H13N3O2S/c1-15-5-4-8-10(7-15)18-12(13-8)14-11(16)9-3-2-6-17-9/h2-3,6H,4-5,7H2,1H3,(H,13,14,16). The molecule has 0 bridgehead atoms. The van der Waals surface area contributed by atoms with Gasteiger partial charge in [0.2, 0.25) is 0 Å². The molecule has 1 aliphatic heterocycles. The minimum atomic E-state index is -0.251. The second-order valence-electron chi connectivity index (χ2n) is 4.31. The molecule has 0 aliphatic carbocycles. The minimum Gasteiger partial charge on any atom is -0.459 e. The van der Waals surface area contributed by atoms with E-state index in [0.717, 1.165) is 25.2 Å². The molecule has 0 radical (unpaired) electrons. The van der Waals surface area contributed by atoms with Crippen LogP contribution in [0, 0.1) is 0 Å². The topological polar surface area (TPSA) is 58.4 Å². The lowest BCUT2D eigenvalue weighted by Crippen LogP contribution is -2.25. The lowest BCUT2D eigenvalue weighted by atomic mass is 10.2. The van der Waals surface area contributed by atoms with Gasteiger partial charge in [-0.1, -0.05) is 0 Å². The van der Waals surface area contributed by atoms with E-state index in [1.165, 1.54) is 22.5 Å². The Morgan fingerprint density at radius 3 is 3.28 bits per heavy atom. The molecule has 1 aliphatic rings. The first-order valence-corrected chi connectivity index (χ1v) is 6.56. The van der Waals surface area contributed by atoms with Crippen molar-refractivity contribution in [3.05, 3.63) is 34.7 Å². The van der Waals surface area contributed by atoms with Gasteiger partial charge in [-0.05, 0) is 19.2 Å². The Morgan fingerprint density at radius 2 is 2.50 bits per heavy atom. The van der Waals surface area contributed by atoms with Gasteiger partial charge in [0, 0.05) is 24.4 Å². The first-order valence-electron chi connectivity index (χ1n) is 5.74. The zero-order valence-electron chi connectivity index (χ0n) is 9.97. The van der Waals surface area contributed by atoms with E-state index in [0.29, 0.717) is 10.9 Å². The molecule has 1 amide bonds. The highest BCUT2D eigenvalue weighted by atomic mass is 32.1. The number of carbonyl (C=O) groups is 1. The molecule has 0 saturated carbocycles. The van der Waals surface area contributed by atoms with Gasteiger partial charge in [0.25, 0.3) is 5.91 Å². The van der Waals surface area contributed by atoms with Gasteiger partial charge in [-0.25, -0.2) is 4.98 Å². The van der Waals surface area contributed by atoms with Crippen molar-refractivity contribution < 1.29 is 9.21 Å². The van der Waals surface area contributed by atoms with E-state index in [2.05, 4.69) is 22.2 Å². The van der Waals surface area contributed by atoms with Crippen molar-refractivity contribution in [3.8, 4) is 0 Å². The Hall–Kier alpha value is -1.66. The highest BCUT2D eigenvalue weighted by Crippen LogP contribution is 2.27. The molecule has 0 unspecified atom stereocenters. The van der Waals surface area contributed by atoms with Gasteiger partial charge in [0.05, 0.1) is 12.0 Å². The van der Waals surface area contributed by atoms with Gasteiger partial charge in [-0.2, -0.15) is 0 Å². The molecule has 1 N–H and O–H groups in total. The third-order valence-corrected chi connectivity index (χ3v) is 3.89. The molecular formula is C12H13N3O2S. The zero-order valence-corrected chi connectivity index (χ0v) is 10.8. The second kappa shape index (κ2) is 4.55. The Balaban J connectivity index is 1.76. The van der Waals surface area contributed by atoms with Gasteiger partial charge in [-0.15, -0.1) is 11.3 Å². The van der Waals surface area contributed by atoms with Crippen molar-refractivity contribution in [1.29, 1.82) is 0 Å². The normalized spacial score (nSPS) is 15.4. The van der Waals surface area contributed by atoms with Crippen molar-refractivity contribution in [1.82, 2.24) is 9.88 Å².